The fourth-order valence-electron chi connectivity index (χ4n) is 3.73. The van der Waals surface area contributed by atoms with Gasteiger partial charge in [0.15, 0.2) is 0 Å². The van der Waals surface area contributed by atoms with E-state index in [2.05, 4.69) is 36.6 Å². The van der Waals surface area contributed by atoms with Gasteiger partial charge in [-0.1, -0.05) is 25.1 Å². The molecular weight excluding hydrogens is 354 g/mol. The molecule has 0 unspecified atom stereocenters. The summed E-state index contributed by atoms with van der Waals surface area (Å²) in [5.74, 6) is -1.16. The highest BCUT2D eigenvalue weighted by Gasteiger charge is 2.38. The number of hydrogen-bond donors (Lipinski definition) is 0. The first-order valence-corrected chi connectivity index (χ1v) is 9.28. The average molecular weight is 379 g/mol. The zero-order valence-electron chi connectivity index (χ0n) is 17.2. The molecule has 0 spiro atoms. The van der Waals surface area contributed by atoms with E-state index in [1.807, 2.05) is 19.9 Å². The molecule has 1 aromatic heterocycles. The van der Waals surface area contributed by atoms with Crippen molar-refractivity contribution in [3.05, 3.63) is 57.9 Å². The molecule has 4 amide bonds. The maximum Gasteiger partial charge on any atom is 0.333 e. The summed E-state index contributed by atoms with van der Waals surface area (Å²) in [6.07, 6.45) is 2.49. The molecule has 28 heavy (non-hydrogen) atoms. The van der Waals surface area contributed by atoms with Crippen molar-refractivity contribution in [3.63, 3.8) is 0 Å². The number of benzene rings is 1. The van der Waals surface area contributed by atoms with E-state index in [9.17, 15) is 14.4 Å². The van der Waals surface area contributed by atoms with Crippen molar-refractivity contribution in [3.8, 4) is 5.69 Å². The Hall–Kier alpha value is -3.15. The minimum absolute atomic E-state index is 0.00894. The Morgan fingerprint density at radius 3 is 2.14 bits per heavy atom. The fourth-order valence-corrected chi connectivity index (χ4v) is 3.73. The summed E-state index contributed by atoms with van der Waals surface area (Å²) in [4.78, 5) is 38.9. The van der Waals surface area contributed by atoms with Gasteiger partial charge in [-0.25, -0.2) is 4.79 Å². The summed E-state index contributed by atoms with van der Waals surface area (Å²) >= 11 is 0. The van der Waals surface area contributed by atoms with Crippen LogP contribution in [-0.4, -0.2) is 46.3 Å². The van der Waals surface area contributed by atoms with Crippen LogP contribution >= 0.6 is 0 Å². The molecule has 1 saturated heterocycles. The first kappa shape index (κ1) is 19.6. The molecule has 2 aromatic rings. The van der Waals surface area contributed by atoms with Crippen LogP contribution in [0.2, 0.25) is 0 Å². The van der Waals surface area contributed by atoms with Crippen molar-refractivity contribution in [2.75, 3.05) is 14.1 Å². The quantitative estimate of drug-likeness (QED) is 0.607. The third kappa shape index (κ3) is 2.95. The van der Waals surface area contributed by atoms with Gasteiger partial charge in [-0.2, -0.15) is 0 Å². The van der Waals surface area contributed by atoms with Gasteiger partial charge >= 0.3 is 6.03 Å². The maximum atomic E-state index is 12.5. The number of hydrogen-bond acceptors (Lipinski definition) is 3. The molecule has 2 heterocycles. The van der Waals surface area contributed by atoms with E-state index in [0.717, 1.165) is 44.4 Å². The number of urea groups is 1. The van der Waals surface area contributed by atoms with Crippen molar-refractivity contribution < 1.29 is 14.4 Å². The SMILES string of the molecule is CCc1cccc(C)c1-n1c(C)cc(C=C2C(=O)N(C)C(=O)N(C)C2=O)c1C. The number of carbonyl (C=O) groups excluding carboxylic acids is 3. The number of likely N-dealkylation sites (N-methyl/N-ethyl adjacent to an activating group) is 2. The van der Waals surface area contributed by atoms with Gasteiger partial charge in [0, 0.05) is 25.5 Å². The molecule has 0 atom stereocenters. The number of carbonyl (C=O) groups is 3. The highest BCUT2D eigenvalue weighted by Crippen LogP contribution is 2.28. The molecule has 6 heteroatoms. The molecule has 1 aliphatic rings. The molecule has 1 aliphatic heterocycles. The summed E-state index contributed by atoms with van der Waals surface area (Å²) < 4.78 is 2.16. The lowest BCUT2D eigenvalue weighted by atomic mass is 10.0. The molecule has 1 fully saturated rings. The third-order valence-corrected chi connectivity index (χ3v) is 5.34. The monoisotopic (exact) mass is 379 g/mol. The highest BCUT2D eigenvalue weighted by atomic mass is 16.2. The van der Waals surface area contributed by atoms with Crippen LogP contribution in [0, 0.1) is 20.8 Å². The lowest BCUT2D eigenvalue weighted by Gasteiger charge is -2.28. The number of aromatic nitrogens is 1. The Morgan fingerprint density at radius 1 is 0.964 bits per heavy atom. The van der Waals surface area contributed by atoms with Crippen LogP contribution in [0.25, 0.3) is 11.8 Å². The molecule has 0 aliphatic carbocycles. The summed E-state index contributed by atoms with van der Waals surface area (Å²) in [7, 11) is 2.76. The molecule has 0 radical (unpaired) electrons. The number of barbiturate groups is 1. The van der Waals surface area contributed by atoms with E-state index in [1.54, 1.807) is 6.08 Å². The normalized spacial score (nSPS) is 14.9. The fraction of sp³-hybridized carbons (Fsp3) is 0.318. The summed E-state index contributed by atoms with van der Waals surface area (Å²) in [5, 5.41) is 0. The zero-order chi connectivity index (χ0) is 20.7. The molecular formula is C22H25N3O3. The van der Waals surface area contributed by atoms with Crippen molar-refractivity contribution in [2.24, 2.45) is 0 Å². The Labute approximate surface area is 165 Å². The van der Waals surface area contributed by atoms with Gasteiger partial charge in [-0.3, -0.25) is 19.4 Å². The zero-order valence-corrected chi connectivity index (χ0v) is 17.2. The van der Waals surface area contributed by atoms with Crippen molar-refractivity contribution in [1.29, 1.82) is 0 Å². The van der Waals surface area contributed by atoms with E-state index in [0.29, 0.717) is 0 Å². The van der Waals surface area contributed by atoms with Gasteiger partial charge in [0.2, 0.25) is 0 Å². The van der Waals surface area contributed by atoms with Crippen LogP contribution in [-0.2, 0) is 16.0 Å². The topological polar surface area (TPSA) is 62.6 Å². The molecule has 0 N–H and O–H groups in total. The number of amides is 4. The summed E-state index contributed by atoms with van der Waals surface area (Å²) in [6, 6.07) is 7.59. The number of imide groups is 2. The predicted molar refractivity (Wildman–Crippen MR) is 108 cm³/mol. The van der Waals surface area contributed by atoms with Gasteiger partial charge in [0.05, 0.1) is 5.69 Å². The predicted octanol–water partition coefficient (Wildman–Crippen LogP) is 3.40. The standard InChI is InChI=1S/C22H25N3O3/c1-7-16-10-8-9-13(2)19(16)25-14(3)11-17(15(25)4)12-18-20(26)23(5)22(28)24(6)21(18)27/h8-12H,7H2,1-6H3. The van der Waals surface area contributed by atoms with E-state index in [1.165, 1.54) is 19.7 Å². The first-order valence-electron chi connectivity index (χ1n) is 9.28. The van der Waals surface area contributed by atoms with Crippen molar-refractivity contribution >= 4 is 23.9 Å². The van der Waals surface area contributed by atoms with Gasteiger partial charge in [0.1, 0.15) is 5.57 Å². The molecule has 146 valence electrons. The van der Waals surface area contributed by atoms with Crippen LogP contribution in [0.15, 0.2) is 29.8 Å². The van der Waals surface area contributed by atoms with Crippen LogP contribution in [0.5, 0.6) is 0 Å². The first-order chi connectivity index (χ1) is 13.2. The highest BCUT2D eigenvalue weighted by molar-refractivity contribution is 6.30. The van der Waals surface area contributed by atoms with Crippen molar-refractivity contribution in [1.82, 2.24) is 14.4 Å². The second-order valence-corrected chi connectivity index (χ2v) is 7.17. The van der Waals surface area contributed by atoms with Crippen LogP contribution in [0.1, 0.15) is 35.0 Å². The Morgan fingerprint density at radius 2 is 1.57 bits per heavy atom. The van der Waals surface area contributed by atoms with E-state index < -0.39 is 17.8 Å². The summed E-state index contributed by atoms with van der Waals surface area (Å²) in [5.41, 5.74) is 6.26. The van der Waals surface area contributed by atoms with Gasteiger partial charge in [-0.05, 0) is 56.0 Å². The molecule has 6 nitrogen and oxygen atoms in total. The van der Waals surface area contributed by atoms with E-state index in [4.69, 9.17) is 0 Å². The smallest absolute Gasteiger partial charge is 0.317 e. The van der Waals surface area contributed by atoms with Crippen LogP contribution in [0.3, 0.4) is 0 Å². The number of rotatable bonds is 3. The van der Waals surface area contributed by atoms with Crippen LogP contribution < -0.4 is 0 Å². The third-order valence-electron chi connectivity index (χ3n) is 5.34. The van der Waals surface area contributed by atoms with E-state index in [-0.39, 0.29) is 5.57 Å². The lowest BCUT2D eigenvalue weighted by Crippen LogP contribution is -2.52. The average Bonchev–Trinajstić information content (AvgIpc) is 2.95. The maximum absolute atomic E-state index is 12.5. The second kappa shape index (κ2) is 7.11. The number of aryl methyl sites for hydroxylation is 3. The lowest BCUT2D eigenvalue weighted by molar-refractivity contribution is -0.134. The largest absolute Gasteiger partial charge is 0.333 e. The second-order valence-electron chi connectivity index (χ2n) is 7.17. The van der Waals surface area contributed by atoms with E-state index >= 15 is 0 Å². The summed E-state index contributed by atoms with van der Waals surface area (Å²) in [6.45, 7) is 8.18. The van der Waals surface area contributed by atoms with Crippen LogP contribution in [0.4, 0.5) is 4.79 Å². The van der Waals surface area contributed by atoms with Gasteiger partial charge in [0.25, 0.3) is 11.8 Å². The molecule has 0 saturated carbocycles. The number of nitrogens with zero attached hydrogens (tertiary/aromatic N) is 3. The number of para-hydroxylation sites is 1. The Kier molecular flexibility index (Phi) is 4.98. The molecule has 0 bridgehead atoms. The molecule has 3 rings (SSSR count). The van der Waals surface area contributed by atoms with Crippen molar-refractivity contribution in [2.45, 2.75) is 34.1 Å². The Balaban J connectivity index is 2.16. The van der Waals surface area contributed by atoms with Gasteiger partial charge in [-0.15, -0.1) is 0 Å². The minimum atomic E-state index is -0.620. The molecule has 1 aromatic carbocycles. The minimum Gasteiger partial charge on any atom is -0.317 e. The Bertz CT molecular complexity index is 1000. The van der Waals surface area contributed by atoms with Gasteiger partial charge < -0.3 is 4.57 Å².